The number of amides is 2. The van der Waals surface area contributed by atoms with E-state index < -0.39 is 23.7 Å². The van der Waals surface area contributed by atoms with Crippen molar-refractivity contribution in [3.05, 3.63) is 85.4 Å². The summed E-state index contributed by atoms with van der Waals surface area (Å²) in [6, 6.07) is 10.7. The molecular formula is C31H25Br2NO6. The lowest BCUT2D eigenvalue weighted by atomic mass is 9.59. The van der Waals surface area contributed by atoms with E-state index in [-0.39, 0.29) is 51.4 Å². The summed E-state index contributed by atoms with van der Waals surface area (Å²) in [5.74, 6) is -3.72. The molecule has 1 aliphatic heterocycles. The van der Waals surface area contributed by atoms with Gasteiger partial charge in [-0.25, -0.2) is 0 Å². The van der Waals surface area contributed by atoms with E-state index in [1.165, 1.54) is 18.1 Å². The largest absolute Gasteiger partial charge is 0.504 e. The molecule has 2 aromatic rings. The van der Waals surface area contributed by atoms with Gasteiger partial charge in [0.05, 0.1) is 29.1 Å². The number of anilines is 1. The lowest BCUT2D eigenvalue weighted by Gasteiger charge is -2.42. The first-order valence-electron chi connectivity index (χ1n) is 13.1. The van der Waals surface area contributed by atoms with Crippen molar-refractivity contribution in [3.63, 3.8) is 0 Å². The van der Waals surface area contributed by atoms with Gasteiger partial charge in [0.2, 0.25) is 11.8 Å². The third kappa shape index (κ3) is 3.96. The van der Waals surface area contributed by atoms with E-state index in [4.69, 9.17) is 4.74 Å². The minimum Gasteiger partial charge on any atom is -0.504 e. The summed E-state index contributed by atoms with van der Waals surface area (Å²) in [5.41, 5.74) is 3.36. The highest BCUT2D eigenvalue weighted by Crippen LogP contribution is 2.57. The van der Waals surface area contributed by atoms with Crippen LogP contribution < -0.4 is 9.64 Å². The van der Waals surface area contributed by atoms with E-state index in [1.54, 1.807) is 24.3 Å². The molecule has 0 saturated carbocycles. The zero-order valence-corrected chi connectivity index (χ0v) is 24.9. The van der Waals surface area contributed by atoms with Crippen molar-refractivity contribution < 1.29 is 29.0 Å². The van der Waals surface area contributed by atoms with E-state index in [9.17, 15) is 24.3 Å². The Balaban J connectivity index is 1.50. The van der Waals surface area contributed by atoms with E-state index in [2.05, 4.69) is 31.9 Å². The molecule has 40 heavy (non-hydrogen) atoms. The number of hydrogen-bond donors (Lipinski definition) is 1. The summed E-state index contributed by atoms with van der Waals surface area (Å²) >= 11 is 6.70. The van der Waals surface area contributed by atoms with Crippen molar-refractivity contribution in [1.29, 1.82) is 0 Å². The fourth-order valence-electron chi connectivity index (χ4n) is 6.67. The molecule has 4 aliphatic rings. The van der Waals surface area contributed by atoms with Crippen LogP contribution in [0.2, 0.25) is 0 Å². The number of ketones is 2. The minimum absolute atomic E-state index is 0.147. The van der Waals surface area contributed by atoms with Gasteiger partial charge in [-0.05, 0) is 70.9 Å². The summed E-state index contributed by atoms with van der Waals surface area (Å²) in [6.45, 7) is 2.04. The van der Waals surface area contributed by atoms with Gasteiger partial charge >= 0.3 is 0 Å². The highest BCUT2D eigenvalue weighted by molar-refractivity contribution is 9.12. The lowest BCUT2D eigenvalue weighted by Crippen LogP contribution is -2.39. The Labute approximate surface area is 247 Å². The molecule has 204 valence electrons. The number of phenolic OH excluding ortho intramolecular Hbond substituents is 1. The molecule has 1 saturated heterocycles. The number of hydrogen-bond acceptors (Lipinski definition) is 6. The number of allylic oxidation sites excluding steroid dienone is 6. The fourth-order valence-corrected chi connectivity index (χ4v) is 7.57. The first kappa shape index (κ1) is 26.9. The zero-order valence-electron chi connectivity index (χ0n) is 21.7. The molecule has 4 atom stereocenters. The van der Waals surface area contributed by atoms with E-state index in [0.29, 0.717) is 27.7 Å². The SMILES string of the molecule is CCc1ccc(N2C(=O)C3CC=C4C(c5cc(Br)cc(OC)c5O)C5=C(CC4C3C2=O)C(=O)C(Br)=CC5=O)cc1. The third-order valence-electron chi connectivity index (χ3n) is 8.53. The number of methoxy groups -OCH3 is 1. The van der Waals surface area contributed by atoms with Crippen LogP contribution >= 0.6 is 31.9 Å². The van der Waals surface area contributed by atoms with Gasteiger partial charge in [0, 0.05) is 33.2 Å². The number of benzene rings is 2. The van der Waals surface area contributed by atoms with Gasteiger partial charge in [0.15, 0.2) is 23.1 Å². The zero-order chi connectivity index (χ0) is 28.5. The predicted octanol–water partition coefficient (Wildman–Crippen LogP) is 5.69. The Bertz CT molecular complexity index is 1600. The quantitative estimate of drug-likeness (QED) is 0.256. The third-order valence-corrected chi connectivity index (χ3v) is 9.58. The summed E-state index contributed by atoms with van der Waals surface area (Å²) in [6.07, 6.45) is 4.49. The number of ether oxygens (including phenoxy) is 1. The fraction of sp³-hybridized carbons (Fsp3) is 0.290. The molecule has 4 unspecified atom stereocenters. The molecule has 2 amide bonds. The second kappa shape index (κ2) is 9.96. The van der Waals surface area contributed by atoms with Crippen LogP contribution in [0.1, 0.15) is 36.8 Å². The standard InChI is InChI=1S/C31H25Br2NO6/c1-3-14-4-6-16(7-5-14)34-30(38)18-9-8-17-19(26(18)31(34)39)12-21-27(23(35)13-22(33)28(21)36)25(17)20-10-15(32)11-24(40-2)29(20)37/h4-8,10-11,13,18-19,25-26,37H,3,9,12H2,1-2H3. The maximum Gasteiger partial charge on any atom is 0.238 e. The Kier molecular flexibility index (Phi) is 6.70. The van der Waals surface area contributed by atoms with Crippen LogP contribution in [-0.4, -0.2) is 35.6 Å². The monoisotopic (exact) mass is 665 g/mol. The molecule has 1 heterocycles. The van der Waals surface area contributed by atoms with E-state index in [1.807, 2.05) is 25.1 Å². The van der Waals surface area contributed by atoms with Gasteiger partial charge in [0.25, 0.3) is 0 Å². The predicted molar refractivity (Wildman–Crippen MR) is 155 cm³/mol. The Morgan fingerprint density at radius 1 is 1.02 bits per heavy atom. The first-order chi connectivity index (χ1) is 19.2. The van der Waals surface area contributed by atoms with Gasteiger partial charge in [-0.2, -0.15) is 0 Å². The number of carbonyl (C=O) groups is 4. The number of phenols is 1. The highest BCUT2D eigenvalue weighted by Gasteiger charge is 2.57. The average molecular weight is 667 g/mol. The number of nitrogens with zero attached hydrogens (tertiary/aromatic N) is 1. The van der Waals surface area contributed by atoms with Gasteiger partial charge in [-0.3, -0.25) is 24.1 Å². The van der Waals surface area contributed by atoms with Gasteiger partial charge in [0.1, 0.15) is 0 Å². The number of carbonyl (C=O) groups excluding carboxylic acids is 4. The number of aryl methyl sites for hydroxylation is 1. The van der Waals surface area contributed by atoms with Gasteiger partial charge in [-0.15, -0.1) is 0 Å². The topological polar surface area (TPSA) is 101 Å². The molecule has 0 aromatic heterocycles. The highest BCUT2D eigenvalue weighted by atomic mass is 79.9. The van der Waals surface area contributed by atoms with Gasteiger partial charge in [-0.1, -0.05) is 46.6 Å². The maximum absolute atomic E-state index is 14.0. The lowest BCUT2D eigenvalue weighted by molar-refractivity contribution is -0.123. The average Bonchev–Trinajstić information content (AvgIpc) is 3.21. The molecule has 0 bridgehead atoms. The number of halogens is 2. The molecule has 3 aliphatic carbocycles. The van der Waals surface area contributed by atoms with Crippen LogP contribution in [0.4, 0.5) is 5.69 Å². The number of rotatable bonds is 4. The smallest absolute Gasteiger partial charge is 0.238 e. The van der Waals surface area contributed by atoms with E-state index >= 15 is 0 Å². The second-order valence-electron chi connectivity index (χ2n) is 10.5. The van der Waals surface area contributed by atoms with Crippen molar-refractivity contribution in [1.82, 2.24) is 0 Å². The Morgan fingerprint density at radius 2 is 1.75 bits per heavy atom. The number of fused-ring (bicyclic) bond motifs is 3. The van der Waals surface area contributed by atoms with E-state index in [0.717, 1.165) is 17.6 Å². The summed E-state index contributed by atoms with van der Waals surface area (Å²) in [5, 5.41) is 11.2. The number of imide groups is 1. The maximum atomic E-state index is 14.0. The Morgan fingerprint density at radius 3 is 2.42 bits per heavy atom. The molecule has 6 rings (SSSR count). The van der Waals surface area contributed by atoms with Crippen LogP contribution in [0.5, 0.6) is 11.5 Å². The van der Waals surface area contributed by atoms with Crippen molar-refractivity contribution in [2.75, 3.05) is 12.0 Å². The molecule has 0 radical (unpaired) electrons. The van der Waals surface area contributed by atoms with Gasteiger partial charge < -0.3 is 9.84 Å². The van der Waals surface area contributed by atoms with Crippen LogP contribution in [-0.2, 0) is 25.6 Å². The number of Topliss-reactive ketones (excluding diaryl/α,β-unsaturated/α-hetero) is 1. The minimum atomic E-state index is -0.782. The van der Waals surface area contributed by atoms with Crippen LogP contribution in [0.3, 0.4) is 0 Å². The Hall–Kier alpha value is -3.30. The normalized spacial score (nSPS) is 25.9. The first-order valence-corrected chi connectivity index (χ1v) is 14.7. The summed E-state index contributed by atoms with van der Waals surface area (Å²) in [7, 11) is 1.43. The van der Waals surface area contributed by atoms with Crippen molar-refractivity contribution in [3.8, 4) is 11.5 Å². The van der Waals surface area contributed by atoms with Crippen molar-refractivity contribution >= 4 is 60.9 Å². The van der Waals surface area contributed by atoms with Crippen LogP contribution in [0.25, 0.3) is 0 Å². The van der Waals surface area contributed by atoms with Crippen LogP contribution in [0.15, 0.2) is 74.2 Å². The molecule has 2 aromatic carbocycles. The molecule has 9 heteroatoms. The van der Waals surface area contributed by atoms with Crippen molar-refractivity contribution in [2.24, 2.45) is 17.8 Å². The van der Waals surface area contributed by atoms with Crippen LogP contribution in [0, 0.1) is 17.8 Å². The second-order valence-corrected chi connectivity index (χ2v) is 12.2. The molecule has 7 nitrogen and oxygen atoms in total. The molecule has 0 spiro atoms. The molecular weight excluding hydrogens is 642 g/mol. The summed E-state index contributed by atoms with van der Waals surface area (Å²) < 4.78 is 6.15. The van der Waals surface area contributed by atoms with Crippen molar-refractivity contribution in [2.45, 2.75) is 32.1 Å². The summed E-state index contributed by atoms with van der Waals surface area (Å²) in [4.78, 5) is 55.7. The number of aromatic hydroxyl groups is 1. The molecule has 1 fully saturated rings. The molecule has 1 N–H and O–H groups in total.